The number of carbonyl (C=O) groups is 2. The van der Waals surface area contributed by atoms with Gasteiger partial charge in [0.15, 0.2) is 0 Å². The van der Waals surface area contributed by atoms with Crippen molar-refractivity contribution in [1.82, 2.24) is 9.78 Å². The predicted molar refractivity (Wildman–Crippen MR) is 68.4 cm³/mol. The van der Waals surface area contributed by atoms with E-state index < -0.39 is 5.97 Å². The van der Waals surface area contributed by atoms with Gasteiger partial charge in [0, 0.05) is 12.1 Å². The van der Waals surface area contributed by atoms with Gasteiger partial charge in [0.25, 0.3) is 0 Å². The Labute approximate surface area is 110 Å². The third kappa shape index (κ3) is 3.31. The Balaban J connectivity index is 1.95. The number of carboxylic acid groups (broad SMARTS) is 1. The second kappa shape index (κ2) is 5.83. The summed E-state index contributed by atoms with van der Waals surface area (Å²) in [6.07, 6.45) is 5.84. The smallest absolute Gasteiger partial charge is 0.325 e. The Bertz CT molecular complexity index is 471. The van der Waals surface area contributed by atoms with Crippen molar-refractivity contribution >= 4 is 17.6 Å². The van der Waals surface area contributed by atoms with Crippen molar-refractivity contribution in [3.8, 4) is 0 Å². The van der Waals surface area contributed by atoms with E-state index in [-0.39, 0.29) is 24.3 Å². The van der Waals surface area contributed by atoms with Gasteiger partial charge in [-0.2, -0.15) is 5.10 Å². The molecular formula is C12H18N4O3. The summed E-state index contributed by atoms with van der Waals surface area (Å²) in [5.74, 6) is -0.829. The van der Waals surface area contributed by atoms with Crippen LogP contribution >= 0.6 is 0 Å². The second-order valence-corrected chi connectivity index (χ2v) is 4.84. The molecule has 19 heavy (non-hydrogen) atoms. The summed E-state index contributed by atoms with van der Waals surface area (Å²) in [5, 5.41) is 15.3. The average molecular weight is 266 g/mol. The van der Waals surface area contributed by atoms with E-state index in [1.165, 1.54) is 17.1 Å². The first-order valence-corrected chi connectivity index (χ1v) is 6.35. The van der Waals surface area contributed by atoms with Gasteiger partial charge in [-0.1, -0.05) is 6.42 Å². The van der Waals surface area contributed by atoms with Crippen molar-refractivity contribution in [2.24, 2.45) is 17.6 Å². The monoisotopic (exact) mass is 266 g/mol. The fourth-order valence-corrected chi connectivity index (χ4v) is 2.55. The third-order valence-corrected chi connectivity index (χ3v) is 3.50. The maximum absolute atomic E-state index is 12.1. The summed E-state index contributed by atoms with van der Waals surface area (Å²) in [5.41, 5.74) is 6.17. The molecule has 1 amide bonds. The molecular weight excluding hydrogens is 248 g/mol. The number of nitrogens with one attached hydrogen (secondary N) is 1. The zero-order valence-corrected chi connectivity index (χ0v) is 10.6. The molecule has 2 rings (SSSR count). The molecule has 1 aliphatic rings. The van der Waals surface area contributed by atoms with Crippen molar-refractivity contribution in [3.05, 3.63) is 12.4 Å². The summed E-state index contributed by atoms with van der Waals surface area (Å²) in [6.45, 7) is 0.307. The molecule has 104 valence electrons. The van der Waals surface area contributed by atoms with E-state index in [9.17, 15) is 9.59 Å². The summed E-state index contributed by atoms with van der Waals surface area (Å²) < 4.78 is 1.27. The largest absolute Gasteiger partial charge is 0.480 e. The summed E-state index contributed by atoms with van der Waals surface area (Å²) >= 11 is 0. The van der Waals surface area contributed by atoms with E-state index in [1.54, 1.807) is 0 Å². The summed E-state index contributed by atoms with van der Waals surface area (Å²) in [4.78, 5) is 22.6. The molecule has 0 bridgehead atoms. The molecule has 7 heteroatoms. The Hall–Kier alpha value is -1.89. The van der Waals surface area contributed by atoms with Crippen LogP contribution in [-0.4, -0.2) is 33.3 Å². The highest BCUT2D eigenvalue weighted by Crippen LogP contribution is 2.31. The van der Waals surface area contributed by atoms with Crippen molar-refractivity contribution < 1.29 is 14.7 Å². The molecule has 0 aromatic carbocycles. The predicted octanol–water partition coefficient (Wildman–Crippen LogP) is 0.281. The third-order valence-electron chi connectivity index (χ3n) is 3.50. The first-order valence-electron chi connectivity index (χ1n) is 6.35. The topological polar surface area (TPSA) is 110 Å². The molecule has 0 spiro atoms. The van der Waals surface area contributed by atoms with E-state index in [2.05, 4.69) is 10.4 Å². The van der Waals surface area contributed by atoms with Gasteiger partial charge in [-0.3, -0.25) is 14.3 Å². The van der Waals surface area contributed by atoms with Crippen LogP contribution in [0, 0.1) is 11.8 Å². The van der Waals surface area contributed by atoms with Crippen LogP contribution in [0.2, 0.25) is 0 Å². The van der Waals surface area contributed by atoms with Crippen LogP contribution in [0.15, 0.2) is 12.4 Å². The Morgan fingerprint density at radius 2 is 2.32 bits per heavy atom. The first kappa shape index (κ1) is 13.5. The SMILES string of the molecule is NCC1CCCC1C(=O)Nc1cnn(CC(=O)O)c1. The molecule has 1 heterocycles. The van der Waals surface area contributed by atoms with Gasteiger partial charge in [0.1, 0.15) is 6.54 Å². The maximum atomic E-state index is 12.1. The number of nitrogens with zero attached hydrogens (tertiary/aromatic N) is 2. The van der Waals surface area contributed by atoms with E-state index in [1.807, 2.05) is 0 Å². The lowest BCUT2D eigenvalue weighted by Crippen LogP contribution is -2.29. The lowest BCUT2D eigenvalue weighted by molar-refractivity contribution is -0.137. The number of hydrogen-bond acceptors (Lipinski definition) is 4. The van der Waals surface area contributed by atoms with Crippen molar-refractivity contribution in [2.75, 3.05) is 11.9 Å². The molecule has 1 fully saturated rings. The fraction of sp³-hybridized carbons (Fsp3) is 0.583. The van der Waals surface area contributed by atoms with Crippen molar-refractivity contribution in [3.63, 3.8) is 0 Å². The number of rotatable bonds is 5. The van der Waals surface area contributed by atoms with E-state index in [4.69, 9.17) is 10.8 Å². The van der Waals surface area contributed by atoms with Gasteiger partial charge in [0.2, 0.25) is 5.91 Å². The zero-order chi connectivity index (χ0) is 13.8. The standard InChI is InChI=1S/C12H18N4O3/c13-4-8-2-1-3-10(8)12(19)15-9-5-14-16(6-9)7-11(17)18/h5-6,8,10H,1-4,7,13H2,(H,15,19)(H,17,18). The Morgan fingerprint density at radius 1 is 1.53 bits per heavy atom. The number of hydrogen-bond donors (Lipinski definition) is 3. The fourth-order valence-electron chi connectivity index (χ4n) is 2.55. The zero-order valence-electron chi connectivity index (χ0n) is 10.6. The minimum atomic E-state index is -0.972. The molecule has 0 aliphatic heterocycles. The summed E-state index contributed by atoms with van der Waals surface area (Å²) in [7, 11) is 0. The van der Waals surface area contributed by atoms with Gasteiger partial charge in [-0.15, -0.1) is 0 Å². The Morgan fingerprint density at radius 3 is 3.00 bits per heavy atom. The molecule has 0 radical (unpaired) electrons. The van der Waals surface area contributed by atoms with Gasteiger partial charge in [-0.25, -0.2) is 0 Å². The number of aromatic nitrogens is 2. The molecule has 2 atom stereocenters. The number of carboxylic acids is 1. The van der Waals surface area contributed by atoms with Gasteiger partial charge in [-0.05, 0) is 25.3 Å². The van der Waals surface area contributed by atoms with E-state index >= 15 is 0 Å². The van der Waals surface area contributed by atoms with Gasteiger partial charge in [0.05, 0.1) is 11.9 Å². The van der Waals surface area contributed by atoms with Gasteiger partial charge >= 0.3 is 5.97 Å². The van der Waals surface area contributed by atoms with E-state index in [0.717, 1.165) is 19.3 Å². The van der Waals surface area contributed by atoms with Crippen LogP contribution in [-0.2, 0) is 16.1 Å². The van der Waals surface area contributed by atoms with Crippen LogP contribution in [0.1, 0.15) is 19.3 Å². The number of nitrogens with two attached hydrogens (primary N) is 1. The minimum Gasteiger partial charge on any atom is -0.480 e. The molecule has 4 N–H and O–H groups in total. The maximum Gasteiger partial charge on any atom is 0.325 e. The highest BCUT2D eigenvalue weighted by Gasteiger charge is 2.31. The normalized spacial score (nSPS) is 22.4. The molecule has 1 aromatic rings. The highest BCUT2D eigenvalue weighted by molar-refractivity contribution is 5.92. The first-order chi connectivity index (χ1) is 9.10. The molecule has 2 unspecified atom stereocenters. The molecule has 0 saturated heterocycles. The van der Waals surface area contributed by atoms with Crippen LogP contribution in [0.25, 0.3) is 0 Å². The second-order valence-electron chi connectivity index (χ2n) is 4.84. The Kier molecular flexibility index (Phi) is 4.16. The lowest BCUT2D eigenvalue weighted by Gasteiger charge is -2.16. The van der Waals surface area contributed by atoms with Crippen LogP contribution in [0.5, 0.6) is 0 Å². The number of anilines is 1. The number of carbonyl (C=O) groups excluding carboxylic acids is 1. The summed E-state index contributed by atoms with van der Waals surface area (Å²) in [6, 6.07) is 0. The molecule has 1 aliphatic carbocycles. The lowest BCUT2D eigenvalue weighted by atomic mass is 9.95. The molecule has 1 saturated carbocycles. The number of aliphatic carboxylic acids is 1. The quantitative estimate of drug-likeness (QED) is 0.709. The minimum absolute atomic E-state index is 0.0483. The highest BCUT2D eigenvalue weighted by atomic mass is 16.4. The van der Waals surface area contributed by atoms with E-state index in [0.29, 0.717) is 12.2 Å². The van der Waals surface area contributed by atoms with Crippen molar-refractivity contribution in [1.29, 1.82) is 0 Å². The van der Waals surface area contributed by atoms with Crippen LogP contribution in [0.4, 0.5) is 5.69 Å². The van der Waals surface area contributed by atoms with Crippen LogP contribution < -0.4 is 11.1 Å². The average Bonchev–Trinajstić information content (AvgIpc) is 2.96. The van der Waals surface area contributed by atoms with Crippen molar-refractivity contribution in [2.45, 2.75) is 25.8 Å². The number of amides is 1. The van der Waals surface area contributed by atoms with Gasteiger partial charge < -0.3 is 16.2 Å². The van der Waals surface area contributed by atoms with Crippen LogP contribution in [0.3, 0.4) is 0 Å². The molecule has 7 nitrogen and oxygen atoms in total. The molecule has 1 aromatic heterocycles.